The second kappa shape index (κ2) is 9.52. The van der Waals surface area contributed by atoms with E-state index < -0.39 is 0 Å². The second-order valence-corrected chi connectivity index (χ2v) is 5.63. The number of nitrogens with zero attached hydrogens (tertiary/aromatic N) is 1. The molecule has 4 nitrogen and oxygen atoms in total. The zero-order valence-corrected chi connectivity index (χ0v) is 15.1. The van der Waals surface area contributed by atoms with Gasteiger partial charge in [-0.1, -0.05) is 37.6 Å². The van der Waals surface area contributed by atoms with E-state index in [1.54, 1.807) is 31.3 Å². The molecule has 0 bridgehead atoms. The minimum atomic E-state index is -0.0329. The van der Waals surface area contributed by atoms with Crippen LogP contribution in [0.15, 0.2) is 54.6 Å². The zero-order chi connectivity index (χ0) is 18.1. The number of hydrogen-bond acceptors (Lipinski definition) is 3. The van der Waals surface area contributed by atoms with Gasteiger partial charge in [-0.25, -0.2) is 0 Å². The molecule has 0 aliphatic rings. The Labute approximate surface area is 149 Å². The van der Waals surface area contributed by atoms with E-state index in [4.69, 9.17) is 9.47 Å². The van der Waals surface area contributed by atoms with E-state index in [2.05, 4.69) is 6.92 Å². The normalized spacial score (nSPS) is 10.7. The summed E-state index contributed by atoms with van der Waals surface area (Å²) in [5.41, 5.74) is 1.80. The van der Waals surface area contributed by atoms with Crippen LogP contribution in [0.5, 0.6) is 11.5 Å². The van der Waals surface area contributed by atoms with Crippen molar-refractivity contribution in [3.8, 4) is 11.5 Å². The Morgan fingerprint density at radius 1 is 1.04 bits per heavy atom. The van der Waals surface area contributed by atoms with Crippen LogP contribution in [0.3, 0.4) is 0 Å². The third-order valence-corrected chi connectivity index (χ3v) is 3.90. The highest BCUT2D eigenvalue weighted by atomic mass is 16.5. The Morgan fingerprint density at radius 3 is 2.40 bits per heavy atom. The lowest BCUT2D eigenvalue weighted by molar-refractivity contribution is -0.114. The van der Waals surface area contributed by atoms with Gasteiger partial charge in [-0.2, -0.15) is 0 Å². The SMILES string of the molecule is CCCCN(C(=O)C=Cc1ccc(OC)c(OC)c1)c1ccccc1. The predicted octanol–water partition coefficient (Wildman–Crippen LogP) is 4.55. The third-order valence-electron chi connectivity index (χ3n) is 3.90. The van der Waals surface area contributed by atoms with Gasteiger partial charge in [0.15, 0.2) is 11.5 Å². The maximum absolute atomic E-state index is 12.7. The molecule has 0 aliphatic heterocycles. The number of amides is 1. The molecule has 0 fully saturated rings. The van der Waals surface area contributed by atoms with E-state index >= 15 is 0 Å². The van der Waals surface area contributed by atoms with Gasteiger partial charge in [-0.3, -0.25) is 4.79 Å². The summed E-state index contributed by atoms with van der Waals surface area (Å²) >= 11 is 0. The lowest BCUT2D eigenvalue weighted by Crippen LogP contribution is -2.30. The highest BCUT2D eigenvalue weighted by molar-refractivity contribution is 6.03. The van der Waals surface area contributed by atoms with Gasteiger partial charge in [0.2, 0.25) is 0 Å². The Kier molecular flexibility index (Phi) is 7.08. The minimum Gasteiger partial charge on any atom is -0.493 e. The average Bonchev–Trinajstić information content (AvgIpc) is 2.67. The third kappa shape index (κ3) is 5.11. The van der Waals surface area contributed by atoms with Crippen molar-refractivity contribution >= 4 is 17.7 Å². The number of ether oxygens (including phenoxy) is 2. The Balaban J connectivity index is 2.18. The van der Waals surface area contributed by atoms with Crippen molar-refractivity contribution in [3.63, 3.8) is 0 Å². The number of rotatable bonds is 8. The molecule has 0 aliphatic carbocycles. The molecule has 25 heavy (non-hydrogen) atoms. The maximum atomic E-state index is 12.7. The van der Waals surface area contributed by atoms with Gasteiger partial charge < -0.3 is 14.4 Å². The summed E-state index contributed by atoms with van der Waals surface area (Å²) in [5, 5.41) is 0. The van der Waals surface area contributed by atoms with Crippen molar-refractivity contribution in [2.45, 2.75) is 19.8 Å². The van der Waals surface area contributed by atoms with Crippen molar-refractivity contribution < 1.29 is 14.3 Å². The number of para-hydroxylation sites is 1. The highest BCUT2D eigenvalue weighted by Gasteiger charge is 2.12. The number of carbonyl (C=O) groups excluding carboxylic acids is 1. The summed E-state index contributed by atoms with van der Waals surface area (Å²) in [6, 6.07) is 15.3. The molecular formula is C21H25NO3. The summed E-state index contributed by atoms with van der Waals surface area (Å²) in [7, 11) is 3.20. The van der Waals surface area contributed by atoms with Crippen LogP contribution in [0.1, 0.15) is 25.3 Å². The Bertz CT molecular complexity index is 710. The Morgan fingerprint density at radius 2 is 1.76 bits per heavy atom. The molecular weight excluding hydrogens is 314 g/mol. The molecule has 0 N–H and O–H groups in total. The van der Waals surface area contributed by atoms with E-state index in [0.29, 0.717) is 18.0 Å². The molecule has 0 heterocycles. The van der Waals surface area contributed by atoms with Crippen LogP contribution in [0.4, 0.5) is 5.69 Å². The first kappa shape index (κ1) is 18.6. The lowest BCUT2D eigenvalue weighted by Gasteiger charge is -2.21. The van der Waals surface area contributed by atoms with Crippen molar-refractivity contribution in [1.82, 2.24) is 0 Å². The van der Waals surface area contributed by atoms with E-state index in [1.165, 1.54) is 0 Å². The number of unbranched alkanes of at least 4 members (excludes halogenated alkanes) is 1. The van der Waals surface area contributed by atoms with Gasteiger partial charge in [-0.15, -0.1) is 0 Å². The van der Waals surface area contributed by atoms with Crippen LogP contribution in [0, 0.1) is 0 Å². The molecule has 0 radical (unpaired) electrons. The average molecular weight is 339 g/mol. The van der Waals surface area contributed by atoms with E-state index in [-0.39, 0.29) is 5.91 Å². The summed E-state index contributed by atoms with van der Waals surface area (Å²) in [4.78, 5) is 14.5. The summed E-state index contributed by atoms with van der Waals surface area (Å²) in [6.07, 6.45) is 5.40. The molecule has 0 saturated carbocycles. The van der Waals surface area contributed by atoms with Crippen LogP contribution in [0.2, 0.25) is 0 Å². The molecule has 0 unspecified atom stereocenters. The fourth-order valence-electron chi connectivity index (χ4n) is 2.50. The topological polar surface area (TPSA) is 38.8 Å². The van der Waals surface area contributed by atoms with Crippen molar-refractivity contribution in [3.05, 3.63) is 60.2 Å². The van der Waals surface area contributed by atoms with Crippen molar-refractivity contribution in [1.29, 1.82) is 0 Å². The van der Waals surface area contributed by atoms with Gasteiger partial charge in [-0.05, 0) is 42.3 Å². The fraction of sp³-hybridized carbons (Fsp3) is 0.286. The largest absolute Gasteiger partial charge is 0.493 e. The van der Waals surface area contributed by atoms with Gasteiger partial charge >= 0.3 is 0 Å². The van der Waals surface area contributed by atoms with Crippen LogP contribution in [-0.2, 0) is 4.79 Å². The number of methoxy groups -OCH3 is 2. The molecule has 2 aromatic carbocycles. The van der Waals surface area contributed by atoms with E-state index in [9.17, 15) is 4.79 Å². The maximum Gasteiger partial charge on any atom is 0.250 e. The molecule has 1 amide bonds. The fourth-order valence-corrected chi connectivity index (χ4v) is 2.50. The summed E-state index contributed by atoms with van der Waals surface area (Å²) in [5.74, 6) is 1.28. The van der Waals surface area contributed by atoms with Crippen LogP contribution < -0.4 is 14.4 Å². The monoisotopic (exact) mass is 339 g/mol. The van der Waals surface area contributed by atoms with E-state index in [0.717, 1.165) is 24.1 Å². The van der Waals surface area contributed by atoms with E-state index in [1.807, 2.05) is 48.5 Å². The van der Waals surface area contributed by atoms with Gasteiger partial charge in [0.1, 0.15) is 0 Å². The van der Waals surface area contributed by atoms with Crippen LogP contribution in [-0.4, -0.2) is 26.7 Å². The predicted molar refractivity (Wildman–Crippen MR) is 102 cm³/mol. The molecule has 0 aromatic heterocycles. The number of anilines is 1. The zero-order valence-electron chi connectivity index (χ0n) is 15.1. The van der Waals surface area contributed by atoms with Crippen LogP contribution in [0.25, 0.3) is 6.08 Å². The van der Waals surface area contributed by atoms with Crippen molar-refractivity contribution in [2.75, 3.05) is 25.7 Å². The quantitative estimate of drug-likeness (QED) is 0.662. The van der Waals surface area contributed by atoms with Crippen molar-refractivity contribution in [2.24, 2.45) is 0 Å². The second-order valence-electron chi connectivity index (χ2n) is 5.63. The molecule has 132 valence electrons. The first-order valence-electron chi connectivity index (χ1n) is 8.46. The number of hydrogen-bond donors (Lipinski definition) is 0. The first-order chi connectivity index (χ1) is 12.2. The highest BCUT2D eigenvalue weighted by Crippen LogP contribution is 2.28. The number of benzene rings is 2. The molecule has 2 rings (SSSR count). The minimum absolute atomic E-state index is 0.0329. The lowest BCUT2D eigenvalue weighted by atomic mass is 10.1. The molecule has 0 saturated heterocycles. The summed E-state index contributed by atoms with van der Waals surface area (Å²) in [6.45, 7) is 2.82. The van der Waals surface area contributed by atoms with Gasteiger partial charge in [0.05, 0.1) is 14.2 Å². The molecule has 2 aromatic rings. The van der Waals surface area contributed by atoms with Crippen LogP contribution >= 0.6 is 0 Å². The standard InChI is InChI=1S/C21H25NO3/c1-4-5-15-22(18-9-7-6-8-10-18)21(23)14-12-17-11-13-19(24-2)20(16-17)25-3/h6-14,16H,4-5,15H2,1-3H3. The molecule has 0 spiro atoms. The van der Waals surface area contributed by atoms with Gasteiger partial charge in [0, 0.05) is 18.3 Å². The number of carbonyl (C=O) groups is 1. The summed E-state index contributed by atoms with van der Waals surface area (Å²) < 4.78 is 10.5. The molecule has 0 atom stereocenters. The first-order valence-corrected chi connectivity index (χ1v) is 8.46. The smallest absolute Gasteiger partial charge is 0.250 e. The Hall–Kier alpha value is -2.75. The molecule has 4 heteroatoms. The van der Waals surface area contributed by atoms with Gasteiger partial charge in [0.25, 0.3) is 5.91 Å².